The number of hydrogen-bond donors (Lipinski definition) is 0. The summed E-state index contributed by atoms with van der Waals surface area (Å²) in [6.45, 7) is 0. The second-order valence-electron chi connectivity index (χ2n) is 3.46. The SMILES string of the molecule is CSc1cccc(-c2cccc(SC)c2)c1. The highest BCUT2D eigenvalue weighted by molar-refractivity contribution is 7.98. The van der Waals surface area contributed by atoms with Crippen molar-refractivity contribution in [3.63, 3.8) is 0 Å². The zero-order chi connectivity index (χ0) is 11.4. The fourth-order valence-corrected chi connectivity index (χ4v) is 2.52. The molecular weight excluding hydrogens is 232 g/mol. The van der Waals surface area contributed by atoms with Gasteiger partial charge in [-0.15, -0.1) is 23.5 Å². The van der Waals surface area contributed by atoms with E-state index in [2.05, 4.69) is 61.0 Å². The first-order valence-corrected chi connectivity index (χ1v) is 7.57. The van der Waals surface area contributed by atoms with Gasteiger partial charge in [0.2, 0.25) is 0 Å². The van der Waals surface area contributed by atoms with Gasteiger partial charge in [0.1, 0.15) is 0 Å². The van der Waals surface area contributed by atoms with Gasteiger partial charge in [0.25, 0.3) is 0 Å². The van der Waals surface area contributed by atoms with Crippen molar-refractivity contribution in [2.75, 3.05) is 12.5 Å². The average Bonchev–Trinajstić information content (AvgIpc) is 2.39. The third kappa shape index (κ3) is 2.63. The molecule has 82 valence electrons. The Bertz CT molecular complexity index is 432. The summed E-state index contributed by atoms with van der Waals surface area (Å²) in [5.41, 5.74) is 2.59. The fourth-order valence-electron chi connectivity index (χ4n) is 1.61. The smallest absolute Gasteiger partial charge is 0.00752 e. The lowest BCUT2D eigenvalue weighted by molar-refractivity contribution is 1.42. The molecule has 0 atom stereocenters. The van der Waals surface area contributed by atoms with Crippen molar-refractivity contribution in [1.82, 2.24) is 0 Å². The third-order valence-electron chi connectivity index (χ3n) is 2.47. The molecule has 0 aliphatic heterocycles. The molecule has 0 aromatic heterocycles. The highest BCUT2D eigenvalue weighted by Gasteiger charge is 1.99. The van der Waals surface area contributed by atoms with Gasteiger partial charge in [-0.1, -0.05) is 24.3 Å². The van der Waals surface area contributed by atoms with Crippen LogP contribution < -0.4 is 0 Å². The molecule has 2 rings (SSSR count). The Morgan fingerprint density at radius 3 is 1.50 bits per heavy atom. The highest BCUT2D eigenvalue weighted by atomic mass is 32.2. The number of benzene rings is 2. The summed E-state index contributed by atoms with van der Waals surface area (Å²) in [4.78, 5) is 2.62. The summed E-state index contributed by atoms with van der Waals surface area (Å²) < 4.78 is 0. The van der Waals surface area contributed by atoms with E-state index in [0.29, 0.717) is 0 Å². The van der Waals surface area contributed by atoms with Crippen molar-refractivity contribution in [3.05, 3.63) is 48.5 Å². The molecule has 0 saturated carbocycles. The molecule has 16 heavy (non-hydrogen) atoms. The van der Waals surface area contributed by atoms with Crippen LogP contribution in [0.2, 0.25) is 0 Å². The summed E-state index contributed by atoms with van der Waals surface area (Å²) in [6, 6.07) is 17.3. The summed E-state index contributed by atoms with van der Waals surface area (Å²) in [5.74, 6) is 0. The molecule has 0 spiro atoms. The minimum absolute atomic E-state index is 1.29. The second kappa shape index (κ2) is 5.46. The van der Waals surface area contributed by atoms with Crippen LogP contribution in [0.1, 0.15) is 0 Å². The van der Waals surface area contributed by atoms with E-state index in [1.807, 2.05) is 0 Å². The Kier molecular flexibility index (Phi) is 3.97. The van der Waals surface area contributed by atoms with Gasteiger partial charge in [0, 0.05) is 9.79 Å². The van der Waals surface area contributed by atoms with Crippen LogP contribution in [-0.4, -0.2) is 12.5 Å². The molecule has 0 amide bonds. The molecule has 0 aliphatic carbocycles. The van der Waals surface area contributed by atoms with Gasteiger partial charge in [0.15, 0.2) is 0 Å². The lowest BCUT2D eigenvalue weighted by Crippen LogP contribution is -1.79. The average molecular weight is 246 g/mol. The largest absolute Gasteiger partial charge is 0.130 e. The number of rotatable bonds is 3. The van der Waals surface area contributed by atoms with E-state index in [0.717, 1.165) is 0 Å². The van der Waals surface area contributed by atoms with E-state index in [1.165, 1.54) is 20.9 Å². The van der Waals surface area contributed by atoms with Crippen molar-refractivity contribution in [2.45, 2.75) is 9.79 Å². The maximum atomic E-state index is 2.24. The molecule has 0 N–H and O–H groups in total. The van der Waals surface area contributed by atoms with Crippen LogP contribution in [0.4, 0.5) is 0 Å². The molecule has 0 saturated heterocycles. The van der Waals surface area contributed by atoms with Gasteiger partial charge in [-0.2, -0.15) is 0 Å². The maximum Gasteiger partial charge on any atom is 0.00752 e. The van der Waals surface area contributed by atoms with Crippen molar-refractivity contribution < 1.29 is 0 Å². The fraction of sp³-hybridized carbons (Fsp3) is 0.143. The van der Waals surface area contributed by atoms with Gasteiger partial charge < -0.3 is 0 Å². The van der Waals surface area contributed by atoms with Crippen molar-refractivity contribution in [1.29, 1.82) is 0 Å². The van der Waals surface area contributed by atoms with Crippen molar-refractivity contribution in [3.8, 4) is 11.1 Å². The van der Waals surface area contributed by atoms with E-state index in [-0.39, 0.29) is 0 Å². The van der Waals surface area contributed by atoms with E-state index in [4.69, 9.17) is 0 Å². The van der Waals surface area contributed by atoms with Crippen LogP contribution in [-0.2, 0) is 0 Å². The van der Waals surface area contributed by atoms with E-state index in [1.54, 1.807) is 23.5 Å². The molecule has 0 bridgehead atoms. The Morgan fingerprint density at radius 1 is 0.688 bits per heavy atom. The minimum atomic E-state index is 1.29. The monoisotopic (exact) mass is 246 g/mol. The van der Waals surface area contributed by atoms with Gasteiger partial charge in [-0.3, -0.25) is 0 Å². The Labute approximate surface area is 105 Å². The lowest BCUT2D eigenvalue weighted by atomic mass is 10.1. The summed E-state index contributed by atoms with van der Waals surface area (Å²) in [7, 11) is 0. The first-order valence-electron chi connectivity index (χ1n) is 5.12. The van der Waals surface area contributed by atoms with E-state index >= 15 is 0 Å². The van der Waals surface area contributed by atoms with Crippen LogP contribution >= 0.6 is 23.5 Å². The van der Waals surface area contributed by atoms with E-state index in [9.17, 15) is 0 Å². The van der Waals surface area contributed by atoms with Crippen LogP contribution in [0.15, 0.2) is 58.3 Å². The quantitative estimate of drug-likeness (QED) is 0.714. The molecule has 0 radical (unpaired) electrons. The van der Waals surface area contributed by atoms with Crippen molar-refractivity contribution in [2.24, 2.45) is 0 Å². The molecule has 0 aliphatic rings. The Balaban J connectivity index is 2.41. The molecule has 2 heteroatoms. The first kappa shape index (κ1) is 11.6. The molecule has 0 fully saturated rings. The molecule has 0 heterocycles. The lowest BCUT2D eigenvalue weighted by Gasteiger charge is -2.05. The maximum absolute atomic E-state index is 2.24. The topological polar surface area (TPSA) is 0 Å². The van der Waals surface area contributed by atoms with E-state index < -0.39 is 0 Å². The summed E-state index contributed by atoms with van der Waals surface area (Å²) in [6.07, 6.45) is 4.22. The predicted octanol–water partition coefficient (Wildman–Crippen LogP) is 4.80. The van der Waals surface area contributed by atoms with Crippen LogP contribution in [0.25, 0.3) is 11.1 Å². The second-order valence-corrected chi connectivity index (χ2v) is 5.22. The van der Waals surface area contributed by atoms with Crippen LogP contribution in [0.3, 0.4) is 0 Å². The highest BCUT2D eigenvalue weighted by Crippen LogP contribution is 2.27. The Morgan fingerprint density at radius 2 is 1.12 bits per heavy atom. The van der Waals surface area contributed by atoms with Crippen LogP contribution in [0, 0.1) is 0 Å². The standard InChI is InChI=1S/C14H14S2/c1-15-13-7-3-5-11(9-13)12-6-4-8-14(10-12)16-2/h3-10H,1-2H3. The zero-order valence-corrected chi connectivity index (χ0v) is 11.1. The molecule has 2 aromatic carbocycles. The summed E-state index contributed by atoms with van der Waals surface area (Å²) in [5, 5.41) is 0. The molecule has 0 unspecified atom stereocenters. The molecular formula is C14H14S2. The molecule has 2 aromatic rings. The Hall–Kier alpha value is -0.860. The van der Waals surface area contributed by atoms with Gasteiger partial charge in [-0.25, -0.2) is 0 Å². The van der Waals surface area contributed by atoms with Crippen molar-refractivity contribution >= 4 is 23.5 Å². The third-order valence-corrected chi connectivity index (χ3v) is 3.92. The van der Waals surface area contributed by atoms with Gasteiger partial charge >= 0.3 is 0 Å². The predicted molar refractivity (Wildman–Crippen MR) is 75.4 cm³/mol. The van der Waals surface area contributed by atoms with Crippen LogP contribution in [0.5, 0.6) is 0 Å². The number of hydrogen-bond acceptors (Lipinski definition) is 2. The zero-order valence-electron chi connectivity index (χ0n) is 9.44. The first-order chi connectivity index (χ1) is 7.83. The van der Waals surface area contributed by atoms with Gasteiger partial charge in [-0.05, 0) is 47.9 Å². The molecule has 0 nitrogen and oxygen atoms in total. The summed E-state index contributed by atoms with van der Waals surface area (Å²) >= 11 is 3.56. The normalized spacial score (nSPS) is 10.4. The van der Waals surface area contributed by atoms with Gasteiger partial charge in [0.05, 0.1) is 0 Å². The minimum Gasteiger partial charge on any atom is -0.130 e. The number of thioether (sulfide) groups is 2.